The van der Waals surface area contributed by atoms with E-state index in [4.69, 9.17) is 0 Å². The minimum atomic E-state index is 0.552. The third kappa shape index (κ3) is 2.68. The molecule has 0 aliphatic heterocycles. The van der Waals surface area contributed by atoms with Gasteiger partial charge in [0.15, 0.2) is 0 Å². The quantitative estimate of drug-likeness (QED) is 0.878. The third-order valence-electron chi connectivity index (χ3n) is 3.26. The van der Waals surface area contributed by atoms with Crippen LogP contribution in [0, 0.1) is 6.92 Å². The molecular weight excluding hydrogens is 258 g/mol. The lowest BCUT2D eigenvalue weighted by atomic mass is 10.2. The van der Waals surface area contributed by atoms with Gasteiger partial charge in [-0.3, -0.25) is 4.98 Å². The Morgan fingerprint density at radius 2 is 2.11 bits per heavy atom. The van der Waals surface area contributed by atoms with Crippen LogP contribution in [0.25, 0.3) is 0 Å². The molecule has 1 aliphatic rings. The van der Waals surface area contributed by atoms with Crippen LogP contribution in [0.1, 0.15) is 35.0 Å². The first-order valence-electron chi connectivity index (χ1n) is 6.45. The molecule has 0 bridgehead atoms. The summed E-state index contributed by atoms with van der Waals surface area (Å²) in [5.41, 5.74) is 2.91. The number of hydrogen-bond acceptors (Lipinski definition) is 6. The van der Waals surface area contributed by atoms with Gasteiger partial charge < -0.3 is 10.6 Å². The SMILES string of the molecule is CNc1nc(C2CC2)nc(NCc2cncs2)c1C. The van der Waals surface area contributed by atoms with Gasteiger partial charge in [-0.2, -0.15) is 0 Å². The lowest BCUT2D eigenvalue weighted by Crippen LogP contribution is -2.09. The smallest absolute Gasteiger partial charge is 0.136 e. The van der Waals surface area contributed by atoms with Crippen molar-refractivity contribution in [1.82, 2.24) is 15.0 Å². The van der Waals surface area contributed by atoms with Gasteiger partial charge in [-0.1, -0.05) is 0 Å². The van der Waals surface area contributed by atoms with Crippen molar-refractivity contribution in [1.29, 1.82) is 0 Å². The molecule has 0 aromatic carbocycles. The number of thiazole rings is 1. The van der Waals surface area contributed by atoms with Gasteiger partial charge in [0, 0.05) is 29.6 Å². The Hall–Kier alpha value is -1.69. The monoisotopic (exact) mass is 275 g/mol. The van der Waals surface area contributed by atoms with Gasteiger partial charge >= 0.3 is 0 Å². The van der Waals surface area contributed by atoms with E-state index in [0.29, 0.717) is 5.92 Å². The highest BCUT2D eigenvalue weighted by Crippen LogP contribution is 2.39. The van der Waals surface area contributed by atoms with E-state index in [0.717, 1.165) is 29.6 Å². The number of nitrogens with zero attached hydrogens (tertiary/aromatic N) is 3. The van der Waals surface area contributed by atoms with Gasteiger partial charge in [0.2, 0.25) is 0 Å². The lowest BCUT2D eigenvalue weighted by Gasteiger charge is -2.13. The van der Waals surface area contributed by atoms with Crippen LogP contribution >= 0.6 is 11.3 Å². The molecule has 100 valence electrons. The average molecular weight is 275 g/mol. The Labute approximate surface area is 116 Å². The summed E-state index contributed by atoms with van der Waals surface area (Å²) in [6.07, 6.45) is 4.30. The maximum atomic E-state index is 4.66. The molecule has 0 radical (unpaired) electrons. The van der Waals surface area contributed by atoms with E-state index in [1.54, 1.807) is 11.3 Å². The van der Waals surface area contributed by atoms with Crippen molar-refractivity contribution in [3.05, 3.63) is 28.0 Å². The fourth-order valence-electron chi connectivity index (χ4n) is 1.97. The molecule has 1 fully saturated rings. The van der Waals surface area contributed by atoms with E-state index in [1.165, 1.54) is 17.7 Å². The Balaban J connectivity index is 1.83. The predicted molar refractivity (Wildman–Crippen MR) is 77.7 cm³/mol. The summed E-state index contributed by atoms with van der Waals surface area (Å²) >= 11 is 1.65. The molecular formula is C13H17N5S. The van der Waals surface area contributed by atoms with E-state index in [1.807, 2.05) is 25.7 Å². The second-order valence-corrected chi connectivity index (χ2v) is 5.72. The van der Waals surface area contributed by atoms with Crippen LogP contribution in [0.5, 0.6) is 0 Å². The zero-order valence-corrected chi connectivity index (χ0v) is 11.9. The van der Waals surface area contributed by atoms with Crippen LogP contribution in [0.2, 0.25) is 0 Å². The number of aromatic nitrogens is 3. The number of hydrogen-bond donors (Lipinski definition) is 2. The summed E-state index contributed by atoms with van der Waals surface area (Å²) < 4.78 is 0. The van der Waals surface area contributed by atoms with Crippen molar-refractivity contribution >= 4 is 23.0 Å². The first kappa shape index (κ1) is 12.3. The largest absolute Gasteiger partial charge is 0.373 e. The van der Waals surface area contributed by atoms with Crippen LogP contribution in [-0.2, 0) is 6.54 Å². The van der Waals surface area contributed by atoms with Gasteiger partial charge in [-0.15, -0.1) is 11.3 Å². The molecule has 2 aromatic rings. The van der Waals surface area contributed by atoms with Gasteiger partial charge in [-0.25, -0.2) is 9.97 Å². The Morgan fingerprint density at radius 1 is 1.32 bits per heavy atom. The molecule has 0 spiro atoms. The predicted octanol–water partition coefficient (Wildman–Crippen LogP) is 2.77. The van der Waals surface area contributed by atoms with Gasteiger partial charge in [-0.05, 0) is 19.8 Å². The van der Waals surface area contributed by atoms with Gasteiger partial charge in [0.05, 0.1) is 12.1 Å². The average Bonchev–Trinajstić information content (AvgIpc) is 3.14. The van der Waals surface area contributed by atoms with Crippen molar-refractivity contribution in [3.8, 4) is 0 Å². The third-order valence-corrected chi connectivity index (χ3v) is 4.04. The molecule has 0 amide bonds. The molecule has 2 aromatic heterocycles. The van der Waals surface area contributed by atoms with Crippen LogP contribution in [0.3, 0.4) is 0 Å². The van der Waals surface area contributed by atoms with Gasteiger partial charge in [0.1, 0.15) is 17.5 Å². The molecule has 6 heteroatoms. The molecule has 0 unspecified atom stereocenters. The Bertz CT molecular complexity index is 563. The van der Waals surface area contributed by atoms with Crippen LogP contribution in [-0.4, -0.2) is 22.0 Å². The number of rotatable bonds is 5. The van der Waals surface area contributed by atoms with Crippen LogP contribution < -0.4 is 10.6 Å². The summed E-state index contributed by atoms with van der Waals surface area (Å²) in [7, 11) is 1.90. The molecule has 1 saturated carbocycles. The van der Waals surface area contributed by atoms with Crippen molar-refractivity contribution < 1.29 is 0 Å². The Morgan fingerprint density at radius 3 is 2.74 bits per heavy atom. The summed E-state index contributed by atoms with van der Waals surface area (Å²) in [5.74, 6) is 3.36. The molecule has 19 heavy (non-hydrogen) atoms. The topological polar surface area (TPSA) is 62.7 Å². The zero-order valence-electron chi connectivity index (χ0n) is 11.1. The van der Waals surface area contributed by atoms with Crippen molar-refractivity contribution in [3.63, 3.8) is 0 Å². The van der Waals surface area contributed by atoms with Crippen molar-refractivity contribution in [2.24, 2.45) is 0 Å². The molecule has 3 rings (SSSR count). The minimum absolute atomic E-state index is 0.552. The van der Waals surface area contributed by atoms with Crippen molar-refractivity contribution in [2.75, 3.05) is 17.7 Å². The minimum Gasteiger partial charge on any atom is -0.373 e. The molecule has 5 nitrogen and oxygen atoms in total. The van der Waals surface area contributed by atoms with Crippen LogP contribution in [0.4, 0.5) is 11.6 Å². The fraction of sp³-hybridized carbons (Fsp3) is 0.462. The van der Waals surface area contributed by atoms with E-state index in [-0.39, 0.29) is 0 Å². The highest BCUT2D eigenvalue weighted by molar-refractivity contribution is 7.09. The maximum absolute atomic E-state index is 4.66. The maximum Gasteiger partial charge on any atom is 0.136 e. The molecule has 0 atom stereocenters. The molecule has 2 N–H and O–H groups in total. The summed E-state index contributed by atoms with van der Waals surface area (Å²) in [4.78, 5) is 14.5. The molecule has 2 heterocycles. The van der Waals surface area contributed by atoms with Crippen molar-refractivity contribution in [2.45, 2.75) is 32.2 Å². The highest BCUT2D eigenvalue weighted by Gasteiger charge is 2.28. The molecule has 0 saturated heterocycles. The van der Waals surface area contributed by atoms with Gasteiger partial charge in [0.25, 0.3) is 0 Å². The van der Waals surface area contributed by atoms with E-state index in [2.05, 4.69) is 25.6 Å². The second kappa shape index (κ2) is 5.13. The first-order valence-corrected chi connectivity index (χ1v) is 7.33. The fourth-order valence-corrected chi connectivity index (χ4v) is 2.51. The van der Waals surface area contributed by atoms with E-state index < -0.39 is 0 Å². The first-order chi connectivity index (χ1) is 9.28. The van der Waals surface area contributed by atoms with Crippen LogP contribution in [0.15, 0.2) is 11.7 Å². The zero-order chi connectivity index (χ0) is 13.2. The Kier molecular flexibility index (Phi) is 3.33. The molecule has 1 aliphatic carbocycles. The summed E-state index contributed by atoms with van der Waals surface area (Å²) in [5, 5.41) is 6.54. The summed E-state index contributed by atoms with van der Waals surface area (Å²) in [6.45, 7) is 2.80. The highest BCUT2D eigenvalue weighted by atomic mass is 32.1. The number of anilines is 2. The number of nitrogens with one attached hydrogen (secondary N) is 2. The normalized spacial score (nSPS) is 14.4. The standard InChI is InChI=1S/C13H17N5S/c1-8-11(14-2)17-13(9-3-4-9)18-12(8)16-6-10-5-15-7-19-10/h5,7,9H,3-4,6H2,1-2H3,(H2,14,16,17,18). The van der Waals surface area contributed by atoms with E-state index >= 15 is 0 Å². The van der Waals surface area contributed by atoms with E-state index in [9.17, 15) is 0 Å². The summed E-state index contributed by atoms with van der Waals surface area (Å²) in [6, 6.07) is 0. The lowest BCUT2D eigenvalue weighted by molar-refractivity contribution is 0.914. The second-order valence-electron chi connectivity index (χ2n) is 4.75.